The summed E-state index contributed by atoms with van der Waals surface area (Å²) in [6, 6.07) is 0. The van der Waals surface area contributed by atoms with Gasteiger partial charge < -0.3 is 4.90 Å². The van der Waals surface area contributed by atoms with Gasteiger partial charge in [0.2, 0.25) is 5.28 Å². The molecule has 0 bridgehead atoms. The predicted octanol–water partition coefficient (Wildman–Crippen LogP) is 2.42. The molecule has 0 amide bonds. The molecule has 4 heteroatoms. The van der Waals surface area contributed by atoms with E-state index < -0.39 is 0 Å². The summed E-state index contributed by atoms with van der Waals surface area (Å²) in [5, 5.41) is 0.329. The molecule has 14 heavy (non-hydrogen) atoms. The molecule has 0 aromatic carbocycles. The van der Waals surface area contributed by atoms with Crippen LogP contribution in [0.2, 0.25) is 5.28 Å². The molecule has 1 aliphatic heterocycles. The van der Waals surface area contributed by atoms with Gasteiger partial charge in [0.25, 0.3) is 0 Å². The van der Waals surface area contributed by atoms with Crippen LogP contribution in [-0.2, 0) is 6.42 Å². The molecule has 0 unspecified atom stereocenters. The SMILES string of the molecule is CCC=C1Cc2nc(Cl)ncc2N1C. The van der Waals surface area contributed by atoms with Crippen LogP contribution in [0.5, 0.6) is 0 Å². The topological polar surface area (TPSA) is 29.0 Å². The third kappa shape index (κ3) is 1.48. The quantitative estimate of drug-likeness (QED) is 0.666. The fourth-order valence-electron chi connectivity index (χ4n) is 1.69. The van der Waals surface area contributed by atoms with E-state index in [0.29, 0.717) is 5.28 Å². The molecule has 1 aromatic heterocycles. The molecule has 0 aliphatic carbocycles. The highest BCUT2D eigenvalue weighted by Crippen LogP contribution is 2.31. The van der Waals surface area contributed by atoms with E-state index in [1.54, 1.807) is 6.20 Å². The van der Waals surface area contributed by atoms with Crippen molar-refractivity contribution in [3.8, 4) is 0 Å². The molecule has 0 atom stereocenters. The smallest absolute Gasteiger partial charge is 0.222 e. The van der Waals surface area contributed by atoms with Gasteiger partial charge in [0, 0.05) is 19.2 Å². The first-order valence-corrected chi connectivity index (χ1v) is 5.04. The third-order valence-electron chi connectivity index (χ3n) is 2.40. The van der Waals surface area contributed by atoms with Gasteiger partial charge in [-0.1, -0.05) is 13.0 Å². The number of rotatable bonds is 1. The van der Waals surface area contributed by atoms with Crippen LogP contribution < -0.4 is 4.90 Å². The molecule has 0 spiro atoms. The van der Waals surface area contributed by atoms with Crippen molar-refractivity contribution >= 4 is 17.3 Å². The van der Waals surface area contributed by atoms with Crippen LogP contribution in [-0.4, -0.2) is 17.0 Å². The van der Waals surface area contributed by atoms with Crippen LogP contribution in [0.3, 0.4) is 0 Å². The fraction of sp³-hybridized carbons (Fsp3) is 0.400. The minimum Gasteiger partial charge on any atom is -0.345 e. The van der Waals surface area contributed by atoms with E-state index in [2.05, 4.69) is 27.9 Å². The fourth-order valence-corrected chi connectivity index (χ4v) is 1.84. The highest BCUT2D eigenvalue weighted by molar-refractivity contribution is 6.28. The Balaban J connectivity index is 2.40. The zero-order valence-electron chi connectivity index (χ0n) is 8.29. The Morgan fingerprint density at radius 1 is 1.64 bits per heavy atom. The second-order valence-electron chi connectivity index (χ2n) is 3.31. The molecule has 1 aromatic rings. The number of anilines is 1. The average molecular weight is 210 g/mol. The summed E-state index contributed by atoms with van der Waals surface area (Å²) in [4.78, 5) is 10.3. The van der Waals surface area contributed by atoms with Crippen LogP contribution in [0.4, 0.5) is 5.69 Å². The Bertz CT molecular complexity index is 387. The maximum absolute atomic E-state index is 5.74. The zero-order chi connectivity index (χ0) is 10.1. The average Bonchev–Trinajstić information content (AvgIpc) is 2.44. The molecule has 0 saturated heterocycles. The van der Waals surface area contributed by atoms with Crippen molar-refractivity contribution in [3.63, 3.8) is 0 Å². The predicted molar refractivity (Wildman–Crippen MR) is 57.5 cm³/mol. The van der Waals surface area contributed by atoms with Crippen molar-refractivity contribution in [3.05, 3.63) is 28.9 Å². The van der Waals surface area contributed by atoms with Crippen molar-refractivity contribution in [2.75, 3.05) is 11.9 Å². The normalized spacial score (nSPS) is 17.6. The lowest BCUT2D eigenvalue weighted by atomic mass is 10.2. The van der Waals surface area contributed by atoms with E-state index in [0.717, 1.165) is 24.2 Å². The molecule has 0 N–H and O–H groups in total. The molecular weight excluding hydrogens is 198 g/mol. The Morgan fingerprint density at radius 2 is 2.43 bits per heavy atom. The molecule has 2 heterocycles. The molecule has 2 rings (SSSR count). The third-order valence-corrected chi connectivity index (χ3v) is 2.58. The first-order valence-electron chi connectivity index (χ1n) is 4.66. The summed E-state index contributed by atoms with van der Waals surface area (Å²) in [7, 11) is 2.03. The van der Waals surface area contributed by atoms with Gasteiger partial charge in [-0.15, -0.1) is 0 Å². The maximum Gasteiger partial charge on any atom is 0.222 e. The molecule has 0 fully saturated rings. The van der Waals surface area contributed by atoms with Gasteiger partial charge in [-0.05, 0) is 18.0 Å². The largest absolute Gasteiger partial charge is 0.345 e. The molecule has 0 radical (unpaired) electrons. The molecule has 1 aliphatic rings. The Kier molecular flexibility index (Phi) is 2.42. The first kappa shape index (κ1) is 9.46. The van der Waals surface area contributed by atoms with E-state index in [9.17, 15) is 0 Å². The number of hydrogen-bond donors (Lipinski definition) is 0. The maximum atomic E-state index is 5.74. The number of halogens is 1. The number of aromatic nitrogens is 2. The Hall–Kier alpha value is -1.09. The highest BCUT2D eigenvalue weighted by Gasteiger charge is 2.22. The zero-order valence-corrected chi connectivity index (χ0v) is 9.04. The van der Waals surface area contributed by atoms with E-state index in [4.69, 9.17) is 11.6 Å². The summed E-state index contributed by atoms with van der Waals surface area (Å²) in [6.45, 7) is 2.13. The summed E-state index contributed by atoms with van der Waals surface area (Å²) in [5.74, 6) is 0. The van der Waals surface area contributed by atoms with Crippen molar-refractivity contribution < 1.29 is 0 Å². The molecular formula is C10H12ClN3. The second-order valence-corrected chi connectivity index (χ2v) is 3.65. The minimum absolute atomic E-state index is 0.329. The van der Waals surface area contributed by atoms with Crippen molar-refractivity contribution in [1.29, 1.82) is 0 Å². The summed E-state index contributed by atoms with van der Waals surface area (Å²) in [5.41, 5.74) is 3.36. The van der Waals surface area contributed by atoms with Crippen LogP contribution in [0, 0.1) is 0 Å². The van der Waals surface area contributed by atoms with E-state index in [-0.39, 0.29) is 0 Å². The number of hydrogen-bond acceptors (Lipinski definition) is 3. The second kappa shape index (κ2) is 3.58. The lowest BCUT2D eigenvalue weighted by Crippen LogP contribution is -2.11. The van der Waals surface area contributed by atoms with Crippen LogP contribution in [0.1, 0.15) is 19.0 Å². The molecule has 3 nitrogen and oxygen atoms in total. The number of allylic oxidation sites excluding steroid dienone is 2. The molecule has 0 saturated carbocycles. The van der Waals surface area contributed by atoms with Crippen molar-refractivity contribution in [2.24, 2.45) is 0 Å². The molecule has 74 valence electrons. The van der Waals surface area contributed by atoms with Gasteiger partial charge in [0.05, 0.1) is 17.6 Å². The van der Waals surface area contributed by atoms with E-state index >= 15 is 0 Å². The van der Waals surface area contributed by atoms with E-state index in [1.165, 1.54) is 5.70 Å². The Labute approximate surface area is 88.4 Å². The van der Waals surface area contributed by atoms with Gasteiger partial charge in [0.15, 0.2) is 0 Å². The highest BCUT2D eigenvalue weighted by atomic mass is 35.5. The van der Waals surface area contributed by atoms with Gasteiger partial charge in [0.1, 0.15) is 0 Å². The summed E-state index contributed by atoms with van der Waals surface area (Å²) in [6.07, 6.45) is 5.88. The van der Waals surface area contributed by atoms with Crippen LogP contribution >= 0.6 is 11.6 Å². The van der Waals surface area contributed by atoms with Gasteiger partial charge in [-0.25, -0.2) is 9.97 Å². The van der Waals surface area contributed by atoms with Crippen molar-refractivity contribution in [2.45, 2.75) is 19.8 Å². The van der Waals surface area contributed by atoms with Crippen molar-refractivity contribution in [1.82, 2.24) is 9.97 Å². The summed E-state index contributed by atoms with van der Waals surface area (Å²) < 4.78 is 0. The lowest BCUT2D eigenvalue weighted by molar-refractivity contribution is 1.04. The van der Waals surface area contributed by atoms with E-state index in [1.807, 2.05) is 7.05 Å². The van der Waals surface area contributed by atoms with Crippen LogP contribution in [0.25, 0.3) is 0 Å². The number of likely N-dealkylation sites (N-methyl/N-ethyl adjacent to an activating group) is 1. The standard InChI is InChI=1S/C10H12ClN3/c1-3-4-7-5-8-9(14(7)2)6-12-10(11)13-8/h4,6H,3,5H2,1-2H3. The lowest BCUT2D eigenvalue weighted by Gasteiger charge is -2.13. The summed E-state index contributed by atoms with van der Waals surface area (Å²) >= 11 is 5.74. The minimum atomic E-state index is 0.329. The van der Waals surface area contributed by atoms with Crippen LogP contribution in [0.15, 0.2) is 18.0 Å². The number of fused-ring (bicyclic) bond motifs is 1. The first-order chi connectivity index (χ1) is 6.72. The van der Waals surface area contributed by atoms with Gasteiger partial charge in [-0.3, -0.25) is 0 Å². The monoisotopic (exact) mass is 209 g/mol. The van der Waals surface area contributed by atoms with Gasteiger partial charge in [-0.2, -0.15) is 0 Å². The Morgan fingerprint density at radius 3 is 3.14 bits per heavy atom. The van der Waals surface area contributed by atoms with Gasteiger partial charge >= 0.3 is 0 Å². The number of nitrogens with zero attached hydrogens (tertiary/aromatic N) is 3.